The molecule has 1 atom stereocenters. The van der Waals surface area contributed by atoms with E-state index in [1.807, 2.05) is 48.5 Å². The number of nitrogens with zero attached hydrogens (tertiary/aromatic N) is 1. The first-order valence-corrected chi connectivity index (χ1v) is 6.10. The van der Waals surface area contributed by atoms with Gasteiger partial charge in [-0.05, 0) is 11.6 Å². The van der Waals surface area contributed by atoms with E-state index in [0.717, 1.165) is 11.1 Å². The number of nitriles is 1. The largest absolute Gasteiger partial charge is 0.294 e. The van der Waals surface area contributed by atoms with Crippen molar-refractivity contribution in [1.29, 1.82) is 5.26 Å². The molecule has 0 radical (unpaired) electrons. The lowest BCUT2D eigenvalue weighted by molar-refractivity contribution is 0.630. The van der Waals surface area contributed by atoms with Crippen LogP contribution in [0, 0.1) is 11.3 Å². The van der Waals surface area contributed by atoms with Gasteiger partial charge in [-0.2, -0.15) is 5.26 Å². The van der Waals surface area contributed by atoms with Crippen molar-refractivity contribution in [2.75, 3.05) is 0 Å². The van der Waals surface area contributed by atoms with Crippen LogP contribution in [0.2, 0.25) is 5.02 Å². The molecule has 1 N–H and O–H groups in total. The van der Waals surface area contributed by atoms with Gasteiger partial charge < -0.3 is 0 Å². The van der Waals surface area contributed by atoms with Crippen LogP contribution >= 0.6 is 11.6 Å². The maximum Gasteiger partial charge on any atom is 0.123 e. The Labute approximate surface area is 112 Å². The van der Waals surface area contributed by atoms with Crippen molar-refractivity contribution in [1.82, 2.24) is 5.32 Å². The SMILES string of the molecule is N#C[C@H](NCc1ccccc1)c1ccccc1Cl. The van der Waals surface area contributed by atoms with Gasteiger partial charge in [0, 0.05) is 17.1 Å². The maximum atomic E-state index is 9.21. The highest BCUT2D eigenvalue weighted by Gasteiger charge is 2.12. The lowest BCUT2D eigenvalue weighted by Crippen LogP contribution is -2.19. The number of halogens is 1. The zero-order valence-corrected chi connectivity index (χ0v) is 10.6. The molecule has 18 heavy (non-hydrogen) atoms. The molecule has 0 aliphatic heterocycles. The van der Waals surface area contributed by atoms with Crippen LogP contribution < -0.4 is 5.32 Å². The summed E-state index contributed by atoms with van der Waals surface area (Å²) < 4.78 is 0. The third-order valence-electron chi connectivity index (χ3n) is 2.70. The molecule has 0 aliphatic rings. The average Bonchev–Trinajstić information content (AvgIpc) is 2.42. The Kier molecular flexibility index (Phi) is 4.35. The van der Waals surface area contributed by atoms with Crippen molar-refractivity contribution in [3.05, 3.63) is 70.7 Å². The van der Waals surface area contributed by atoms with Crippen molar-refractivity contribution in [2.24, 2.45) is 0 Å². The molecule has 0 fully saturated rings. The molecule has 0 saturated carbocycles. The van der Waals surface area contributed by atoms with Gasteiger partial charge in [0.1, 0.15) is 6.04 Å². The van der Waals surface area contributed by atoms with Crippen molar-refractivity contribution in [3.8, 4) is 6.07 Å². The molecule has 0 aliphatic carbocycles. The zero-order chi connectivity index (χ0) is 12.8. The van der Waals surface area contributed by atoms with Gasteiger partial charge in [-0.15, -0.1) is 0 Å². The fourth-order valence-corrected chi connectivity index (χ4v) is 1.99. The maximum absolute atomic E-state index is 9.21. The quantitative estimate of drug-likeness (QED) is 0.906. The van der Waals surface area contributed by atoms with Crippen LogP contribution in [0.15, 0.2) is 54.6 Å². The minimum atomic E-state index is -0.390. The van der Waals surface area contributed by atoms with Crippen LogP contribution in [-0.4, -0.2) is 0 Å². The van der Waals surface area contributed by atoms with Gasteiger partial charge in [0.05, 0.1) is 6.07 Å². The predicted octanol–water partition coefficient (Wildman–Crippen LogP) is 3.69. The highest BCUT2D eigenvalue weighted by molar-refractivity contribution is 6.31. The topological polar surface area (TPSA) is 35.8 Å². The van der Waals surface area contributed by atoms with Gasteiger partial charge in [0.2, 0.25) is 0 Å². The molecular weight excluding hydrogens is 244 g/mol. The molecule has 0 heterocycles. The first kappa shape index (κ1) is 12.6. The molecule has 0 amide bonds. The summed E-state index contributed by atoms with van der Waals surface area (Å²) >= 11 is 6.09. The Morgan fingerprint density at radius 1 is 1.06 bits per heavy atom. The average molecular weight is 257 g/mol. The fraction of sp³-hybridized carbons (Fsp3) is 0.133. The molecule has 0 unspecified atom stereocenters. The Bertz CT molecular complexity index is 546. The molecule has 3 heteroatoms. The van der Waals surface area contributed by atoms with Crippen LogP contribution in [0.1, 0.15) is 17.2 Å². The van der Waals surface area contributed by atoms with Crippen LogP contribution in [-0.2, 0) is 6.54 Å². The van der Waals surface area contributed by atoms with Crippen molar-refractivity contribution < 1.29 is 0 Å². The second-order valence-electron chi connectivity index (χ2n) is 3.95. The smallest absolute Gasteiger partial charge is 0.123 e. The molecule has 0 spiro atoms. The second-order valence-corrected chi connectivity index (χ2v) is 4.36. The third kappa shape index (κ3) is 3.10. The molecule has 0 saturated heterocycles. The van der Waals surface area contributed by atoms with Gasteiger partial charge in [-0.1, -0.05) is 60.1 Å². The van der Waals surface area contributed by atoms with Gasteiger partial charge in [-0.25, -0.2) is 0 Å². The van der Waals surface area contributed by atoms with Crippen molar-refractivity contribution >= 4 is 11.6 Å². The highest BCUT2D eigenvalue weighted by atomic mass is 35.5. The van der Waals surface area contributed by atoms with Crippen molar-refractivity contribution in [3.63, 3.8) is 0 Å². The van der Waals surface area contributed by atoms with Gasteiger partial charge >= 0.3 is 0 Å². The molecule has 2 aromatic carbocycles. The molecule has 0 aromatic heterocycles. The van der Waals surface area contributed by atoms with E-state index in [9.17, 15) is 5.26 Å². The van der Waals surface area contributed by atoms with E-state index in [-0.39, 0.29) is 6.04 Å². The monoisotopic (exact) mass is 256 g/mol. The summed E-state index contributed by atoms with van der Waals surface area (Å²) in [5.74, 6) is 0. The number of nitrogens with one attached hydrogen (secondary N) is 1. The Morgan fingerprint density at radius 2 is 1.72 bits per heavy atom. The van der Waals surface area contributed by atoms with E-state index >= 15 is 0 Å². The molecule has 2 nitrogen and oxygen atoms in total. The summed E-state index contributed by atoms with van der Waals surface area (Å²) in [5, 5.41) is 13.0. The standard InChI is InChI=1S/C15H13ClN2/c16-14-9-5-4-8-13(14)15(10-17)18-11-12-6-2-1-3-7-12/h1-9,15,18H,11H2/t15-/m0/s1. The summed E-state index contributed by atoms with van der Waals surface area (Å²) in [6.45, 7) is 0.643. The highest BCUT2D eigenvalue weighted by Crippen LogP contribution is 2.22. The van der Waals surface area contributed by atoms with E-state index < -0.39 is 0 Å². The van der Waals surface area contributed by atoms with Crippen LogP contribution in [0.4, 0.5) is 0 Å². The summed E-state index contributed by atoms with van der Waals surface area (Å²) in [4.78, 5) is 0. The van der Waals surface area contributed by atoms with Crippen LogP contribution in [0.3, 0.4) is 0 Å². The lowest BCUT2D eigenvalue weighted by Gasteiger charge is -2.13. The van der Waals surface area contributed by atoms with Crippen LogP contribution in [0.25, 0.3) is 0 Å². The normalized spacial score (nSPS) is 11.8. The molecule has 0 bridgehead atoms. The van der Waals surface area contributed by atoms with Gasteiger partial charge in [0.15, 0.2) is 0 Å². The summed E-state index contributed by atoms with van der Waals surface area (Å²) in [6, 6.07) is 19.2. The van der Waals surface area contributed by atoms with E-state index in [0.29, 0.717) is 11.6 Å². The van der Waals surface area contributed by atoms with E-state index in [2.05, 4.69) is 11.4 Å². The van der Waals surface area contributed by atoms with Gasteiger partial charge in [-0.3, -0.25) is 5.32 Å². The van der Waals surface area contributed by atoms with Crippen molar-refractivity contribution in [2.45, 2.75) is 12.6 Å². The predicted molar refractivity (Wildman–Crippen MR) is 73.1 cm³/mol. The summed E-state index contributed by atoms with van der Waals surface area (Å²) in [5.41, 5.74) is 1.96. The molecule has 2 aromatic rings. The van der Waals surface area contributed by atoms with E-state index in [1.54, 1.807) is 6.07 Å². The molecular formula is C15H13ClN2. The third-order valence-corrected chi connectivity index (χ3v) is 3.04. The minimum absolute atomic E-state index is 0.390. The van der Waals surface area contributed by atoms with E-state index in [4.69, 9.17) is 11.6 Å². The number of rotatable bonds is 4. The van der Waals surface area contributed by atoms with Crippen LogP contribution in [0.5, 0.6) is 0 Å². The Morgan fingerprint density at radius 3 is 2.39 bits per heavy atom. The van der Waals surface area contributed by atoms with Gasteiger partial charge in [0.25, 0.3) is 0 Å². The number of benzene rings is 2. The molecule has 90 valence electrons. The first-order valence-electron chi connectivity index (χ1n) is 5.72. The molecule has 2 rings (SSSR count). The summed E-state index contributed by atoms with van der Waals surface area (Å²) in [6.07, 6.45) is 0. The fourth-order valence-electron chi connectivity index (χ4n) is 1.75. The second kappa shape index (κ2) is 6.20. The van der Waals surface area contributed by atoms with E-state index in [1.165, 1.54) is 0 Å². The Hall–Kier alpha value is -1.82. The Balaban J connectivity index is 2.08. The number of hydrogen-bond acceptors (Lipinski definition) is 2. The first-order chi connectivity index (χ1) is 8.81. The lowest BCUT2D eigenvalue weighted by atomic mass is 10.1. The number of hydrogen-bond donors (Lipinski definition) is 1. The zero-order valence-electron chi connectivity index (χ0n) is 9.81. The summed E-state index contributed by atoms with van der Waals surface area (Å²) in [7, 11) is 0. The minimum Gasteiger partial charge on any atom is -0.294 e.